The van der Waals surface area contributed by atoms with Gasteiger partial charge in [0.15, 0.2) is 0 Å². The minimum Gasteiger partial charge on any atom is -0.477 e. The van der Waals surface area contributed by atoms with Gasteiger partial charge in [-0.05, 0) is 24.5 Å². The van der Waals surface area contributed by atoms with E-state index in [0.717, 1.165) is 12.3 Å². The van der Waals surface area contributed by atoms with Crippen LogP contribution in [0.1, 0.15) is 33.8 Å². The van der Waals surface area contributed by atoms with E-state index >= 15 is 0 Å². The maximum Gasteiger partial charge on any atom is 0.345 e. The van der Waals surface area contributed by atoms with Gasteiger partial charge in [-0.1, -0.05) is 19.3 Å². The molecule has 1 fully saturated rings. The van der Waals surface area contributed by atoms with Gasteiger partial charge in [0, 0.05) is 4.88 Å². The van der Waals surface area contributed by atoms with Crippen molar-refractivity contribution in [1.82, 2.24) is 0 Å². The van der Waals surface area contributed by atoms with Crippen molar-refractivity contribution in [3.63, 3.8) is 0 Å². The Morgan fingerprint density at radius 3 is 2.77 bits per heavy atom. The quantitative estimate of drug-likeness (QED) is 0.807. The molecule has 13 heavy (non-hydrogen) atoms. The number of hydrogen-bond acceptors (Lipinski definition) is 2. The van der Waals surface area contributed by atoms with E-state index < -0.39 is 5.97 Å². The van der Waals surface area contributed by atoms with Gasteiger partial charge >= 0.3 is 5.97 Å². The number of aromatic carboxylic acids is 1. The third-order valence-corrected chi connectivity index (χ3v) is 3.68. The second kappa shape index (κ2) is 3.50. The molecule has 0 bridgehead atoms. The van der Waals surface area contributed by atoms with E-state index in [1.807, 2.05) is 6.07 Å². The molecule has 0 amide bonds. The Morgan fingerprint density at radius 1 is 1.54 bits per heavy atom. The van der Waals surface area contributed by atoms with Crippen LogP contribution in [0.5, 0.6) is 0 Å². The fourth-order valence-corrected chi connectivity index (χ4v) is 2.54. The molecule has 2 nitrogen and oxygen atoms in total. The Labute approximate surface area is 81.2 Å². The van der Waals surface area contributed by atoms with E-state index in [9.17, 15) is 4.79 Å². The van der Waals surface area contributed by atoms with Crippen LogP contribution in [0, 0.1) is 5.92 Å². The predicted octanol–water partition coefficient (Wildman–Crippen LogP) is 2.79. The first-order chi connectivity index (χ1) is 6.25. The van der Waals surface area contributed by atoms with E-state index in [-0.39, 0.29) is 0 Å². The molecule has 0 aliphatic heterocycles. The van der Waals surface area contributed by atoms with Gasteiger partial charge in [0.2, 0.25) is 0 Å². The van der Waals surface area contributed by atoms with E-state index in [1.54, 1.807) is 6.07 Å². The van der Waals surface area contributed by atoms with Gasteiger partial charge in [-0.3, -0.25) is 0 Å². The van der Waals surface area contributed by atoms with Crippen molar-refractivity contribution in [3.05, 3.63) is 21.9 Å². The van der Waals surface area contributed by atoms with E-state index in [4.69, 9.17) is 5.11 Å². The molecule has 1 aliphatic carbocycles. The predicted molar refractivity (Wildman–Crippen MR) is 52.3 cm³/mol. The Morgan fingerprint density at radius 2 is 2.31 bits per heavy atom. The largest absolute Gasteiger partial charge is 0.477 e. The summed E-state index contributed by atoms with van der Waals surface area (Å²) in [5, 5.41) is 8.71. The van der Waals surface area contributed by atoms with Crippen molar-refractivity contribution >= 4 is 17.3 Å². The molecule has 1 aromatic heterocycles. The molecular weight excluding hydrogens is 184 g/mol. The highest BCUT2D eigenvalue weighted by Gasteiger charge is 2.18. The second-order valence-electron chi connectivity index (χ2n) is 3.57. The maximum atomic E-state index is 10.6. The fraction of sp³-hybridized carbons (Fsp3) is 0.500. The summed E-state index contributed by atoms with van der Waals surface area (Å²) in [6.07, 6.45) is 5.07. The molecule has 0 saturated heterocycles. The fourth-order valence-electron chi connectivity index (χ4n) is 1.58. The van der Waals surface area contributed by atoms with Crippen molar-refractivity contribution in [2.24, 2.45) is 5.92 Å². The Balaban J connectivity index is 2.00. The molecule has 2 rings (SSSR count). The van der Waals surface area contributed by atoms with Crippen LogP contribution in [0.15, 0.2) is 12.1 Å². The maximum absolute atomic E-state index is 10.6. The number of thiophene rings is 1. The van der Waals surface area contributed by atoms with E-state index in [0.29, 0.717) is 4.88 Å². The molecule has 1 aliphatic rings. The third-order valence-electron chi connectivity index (χ3n) is 2.59. The average Bonchev–Trinajstić information content (AvgIpc) is 2.44. The first-order valence-electron chi connectivity index (χ1n) is 4.57. The van der Waals surface area contributed by atoms with Crippen LogP contribution >= 0.6 is 11.3 Å². The molecule has 1 saturated carbocycles. The number of hydrogen-bond donors (Lipinski definition) is 1. The zero-order chi connectivity index (χ0) is 9.26. The first-order valence-corrected chi connectivity index (χ1v) is 5.39. The van der Waals surface area contributed by atoms with Crippen molar-refractivity contribution in [2.75, 3.05) is 0 Å². The number of carbonyl (C=O) groups is 1. The minimum absolute atomic E-state index is 0.467. The van der Waals surface area contributed by atoms with Crippen molar-refractivity contribution in [2.45, 2.75) is 25.7 Å². The molecule has 1 heterocycles. The first kappa shape index (κ1) is 8.75. The summed E-state index contributed by atoms with van der Waals surface area (Å²) in [4.78, 5) is 12.3. The monoisotopic (exact) mass is 196 g/mol. The lowest BCUT2D eigenvalue weighted by atomic mass is 9.83. The van der Waals surface area contributed by atoms with Crippen molar-refractivity contribution in [3.8, 4) is 0 Å². The van der Waals surface area contributed by atoms with Gasteiger partial charge < -0.3 is 5.11 Å². The SMILES string of the molecule is O=C(O)c1ccc(CC2CCC2)s1. The van der Waals surface area contributed by atoms with Gasteiger partial charge in [0.05, 0.1) is 0 Å². The highest BCUT2D eigenvalue weighted by molar-refractivity contribution is 7.13. The normalized spacial score (nSPS) is 16.9. The summed E-state index contributed by atoms with van der Waals surface area (Å²) in [5.41, 5.74) is 0. The van der Waals surface area contributed by atoms with Gasteiger partial charge in [0.25, 0.3) is 0 Å². The van der Waals surface area contributed by atoms with Crippen LogP contribution in [0.2, 0.25) is 0 Å². The minimum atomic E-state index is -0.801. The van der Waals surface area contributed by atoms with Crippen LogP contribution in [-0.2, 0) is 6.42 Å². The number of rotatable bonds is 3. The standard InChI is InChI=1S/C10H12O2S/c11-10(12)9-5-4-8(13-9)6-7-2-1-3-7/h4-5,7H,1-3,6H2,(H,11,12). The van der Waals surface area contributed by atoms with E-state index in [2.05, 4.69) is 0 Å². The summed E-state index contributed by atoms with van der Waals surface area (Å²) in [7, 11) is 0. The lowest BCUT2D eigenvalue weighted by molar-refractivity contribution is 0.0702. The summed E-state index contributed by atoms with van der Waals surface area (Å²) in [6, 6.07) is 3.66. The average molecular weight is 196 g/mol. The molecule has 0 aromatic carbocycles. The second-order valence-corrected chi connectivity index (χ2v) is 4.74. The molecule has 0 atom stereocenters. The summed E-state index contributed by atoms with van der Waals surface area (Å²) in [5.74, 6) is 0.0187. The topological polar surface area (TPSA) is 37.3 Å². The van der Waals surface area contributed by atoms with Gasteiger partial charge in [-0.25, -0.2) is 4.79 Å². The van der Waals surface area contributed by atoms with Crippen molar-refractivity contribution in [1.29, 1.82) is 0 Å². The lowest BCUT2D eigenvalue weighted by Gasteiger charge is -2.24. The van der Waals surface area contributed by atoms with Crippen LogP contribution in [0.3, 0.4) is 0 Å². The number of carboxylic acid groups (broad SMARTS) is 1. The van der Waals surface area contributed by atoms with Crippen LogP contribution < -0.4 is 0 Å². The third kappa shape index (κ3) is 1.91. The highest BCUT2D eigenvalue weighted by Crippen LogP contribution is 2.31. The van der Waals surface area contributed by atoms with Gasteiger partial charge in [0.1, 0.15) is 4.88 Å². The molecule has 1 N–H and O–H groups in total. The summed E-state index contributed by atoms with van der Waals surface area (Å²) in [6.45, 7) is 0. The van der Waals surface area contributed by atoms with E-state index in [1.165, 1.54) is 35.5 Å². The smallest absolute Gasteiger partial charge is 0.345 e. The zero-order valence-corrected chi connectivity index (χ0v) is 8.14. The molecule has 0 unspecified atom stereocenters. The molecule has 1 aromatic rings. The molecule has 3 heteroatoms. The molecular formula is C10H12O2S. The molecule has 70 valence electrons. The summed E-state index contributed by atoms with van der Waals surface area (Å²) < 4.78 is 0. The zero-order valence-electron chi connectivity index (χ0n) is 7.32. The Kier molecular flexibility index (Phi) is 2.36. The van der Waals surface area contributed by atoms with Crippen LogP contribution in [0.25, 0.3) is 0 Å². The lowest BCUT2D eigenvalue weighted by Crippen LogP contribution is -2.12. The summed E-state index contributed by atoms with van der Waals surface area (Å²) >= 11 is 1.42. The van der Waals surface area contributed by atoms with Crippen LogP contribution in [-0.4, -0.2) is 11.1 Å². The Bertz CT molecular complexity index is 312. The highest BCUT2D eigenvalue weighted by atomic mass is 32.1. The van der Waals surface area contributed by atoms with Crippen LogP contribution in [0.4, 0.5) is 0 Å². The molecule has 0 radical (unpaired) electrons. The Hall–Kier alpha value is -0.830. The molecule has 0 spiro atoms. The number of carboxylic acids is 1. The van der Waals surface area contributed by atoms with Gasteiger partial charge in [-0.2, -0.15) is 0 Å². The van der Waals surface area contributed by atoms with Crippen molar-refractivity contribution < 1.29 is 9.90 Å². The van der Waals surface area contributed by atoms with Gasteiger partial charge in [-0.15, -0.1) is 11.3 Å².